The first-order valence-electron chi connectivity index (χ1n) is 7.36. The van der Waals surface area contributed by atoms with Crippen molar-refractivity contribution in [2.75, 3.05) is 0 Å². The number of aliphatic hydroxyl groups excluding tert-OH is 1. The second-order valence-electron chi connectivity index (χ2n) is 5.61. The number of nitrogens with two attached hydrogens (primary N) is 1. The average Bonchev–Trinajstić information content (AvgIpc) is 2.53. The molecule has 0 heterocycles. The summed E-state index contributed by atoms with van der Waals surface area (Å²) in [5.41, 5.74) is 7.26. The first kappa shape index (κ1) is 17.6. The molecule has 2 aromatic rings. The minimum atomic E-state index is -4.58. The van der Waals surface area contributed by atoms with Crippen LogP contribution in [-0.4, -0.2) is 24.2 Å². The molecular weight excluding hydrogens is 314 g/mol. The van der Waals surface area contributed by atoms with E-state index in [-0.39, 0.29) is 12.0 Å². The van der Waals surface area contributed by atoms with Gasteiger partial charge in [0.15, 0.2) is 4.87 Å². The zero-order chi connectivity index (χ0) is 16.9. The lowest BCUT2D eigenvalue weighted by molar-refractivity contribution is 0.137. The van der Waals surface area contributed by atoms with Gasteiger partial charge in [0.25, 0.3) is 10.1 Å². The number of rotatable bonds is 7. The fourth-order valence-corrected chi connectivity index (χ4v) is 3.36. The van der Waals surface area contributed by atoms with Gasteiger partial charge < -0.3 is 10.8 Å². The molecule has 2 atom stereocenters. The van der Waals surface area contributed by atoms with Crippen LogP contribution in [0, 0.1) is 0 Å². The lowest BCUT2D eigenvalue weighted by atomic mass is 9.97. The van der Waals surface area contributed by atoms with E-state index in [2.05, 4.69) is 0 Å². The summed E-state index contributed by atoms with van der Waals surface area (Å²) in [6.07, 6.45) is -0.283. The Kier molecular flexibility index (Phi) is 5.54. The maximum Gasteiger partial charge on any atom is 0.288 e. The molecule has 2 rings (SSSR count). The molecule has 5 nitrogen and oxygen atoms in total. The molecule has 0 spiro atoms. The summed E-state index contributed by atoms with van der Waals surface area (Å²) in [5, 5.41) is 10.2. The van der Waals surface area contributed by atoms with Crippen LogP contribution < -0.4 is 5.73 Å². The van der Waals surface area contributed by atoms with Gasteiger partial charge in [-0.3, -0.25) is 4.55 Å². The lowest BCUT2D eigenvalue weighted by Gasteiger charge is -2.29. The van der Waals surface area contributed by atoms with Crippen LogP contribution in [0.3, 0.4) is 0 Å². The SMILES string of the molecule is N[C@@](CC(O)CCc1ccccc1)(c1ccccc1)S(=O)(=O)O. The summed E-state index contributed by atoms with van der Waals surface area (Å²) in [4.78, 5) is -2.02. The van der Waals surface area contributed by atoms with Crippen molar-refractivity contribution >= 4 is 10.1 Å². The van der Waals surface area contributed by atoms with Gasteiger partial charge in [0.2, 0.25) is 0 Å². The van der Waals surface area contributed by atoms with Crippen molar-refractivity contribution in [2.24, 2.45) is 5.73 Å². The van der Waals surface area contributed by atoms with Crippen LogP contribution in [-0.2, 0) is 21.4 Å². The van der Waals surface area contributed by atoms with Crippen molar-refractivity contribution < 1.29 is 18.1 Å². The molecule has 0 saturated carbocycles. The molecule has 0 fully saturated rings. The summed E-state index contributed by atoms with van der Waals surface area (Å²) in [6.45, 7) is 0. The summed E-state index contributed by atoms with van der Waals surface area (Å²) in [6, 6.07) is 17.6. The van der Waals surface area contributed by atoms with Gasteiger partial charge in [-0.2, -0.15) is 8.42 Å². The molecule has 0 aliphatic heterocycles. The van der Waals surface area contributed by atoms with Crippen LogP contribution in [0.1, 0.15) is 24.0 Å². The van der Waals surface area contributed by atoms with Crippen molar-refractivity contribution in [1.82, 2.24) is 0 Å². The van der Waals surface area contributed by atoms with Gasteiger partial charge in [-0.05, 0) is 24.0 Å². The molecule has 6 heteroatoms. The summed E-state index contributed by atoms with van der Waals surface area (Å²) >= 11 is 0. The Morgan fingerprint density at radius 3 is 2.04 bits per heavy atom. The minimum Gasteiger partial charge on any atom is -0.393 e. The summed E-state index contributed by atoms with van der Waals surface area (Å²) in [5.74, 6) is 0. The average molecular weight is 335 g/mol. The van der Waals surface area contributed by atoms with E-state index in [0.29, 0.717) is 12.8 Å². The predicted molar refractivity (Wildman–Crippen MR) is 89.2 cm³/mol. The highest BCUT2D eigenvalue weighted by molar-refractivity contribution is 7.86. The van der Waals surface area contributed by atoms with Crippen LogP contribution >= 0.6 is 0 Å². The van der Waals surface area contributed by atoms with E-state index < -0.39 is 21.1 Å². The molecule has 0 aliphatic carbocycles. The molecule has 0 saturated heterocycles. The fraction of sp³-hybridized carbons (Fsp3) is 0.294. The van der Waals surface area contributed by atoms with E-state index in [1.54, 1.807) is 18.2 Å². The van der Waals surface area contributed by atoms with Gasteiger partial charge in [0, 0.05) is 6.42 Å². The van der Waals surface area contributed by atoms with E-state index in [1.807, 2.05) is 30.3 Å². The van der Waals surface area contributed by atoms with Crippen molar-refractivity contribution in [2.45, 2.75) is 30.2 Å². The standard InChI is InChI=1S/C17H21NO4S/c18-17(23(20,21)22,15-9-5-2-6-10-15)13-16(19)12-11-14-7-3-1-4-8-14/h1-10,16,19H,11-13,18H2,(H,20,21,22)/t16?,17-/m1/s1. The highest BCUT2D eigenvalue weighted by Crippen LogP contribution is 2.30. The number of hydrogen-bond donors (Lipinski definition) is 3. The maximum atomic E-state index is 11.8. The minimum absolute atomic E-state index is 0.251. The maximum absolute atomic E-state index is 11.8. The molecule has 0 aromatic heterocycles. The van der Waals surface area contributed by atoms with Crippen LogP contribution in [0.25, 0.3) is 0 Å². The van der Waals surface area contributed by atoms with Gasteiger partial charge in [-0.15, -0.1) is 0 Å². The zero-order valence-electron chi connectivity index (χ0n) is 12.7. The van der Waals surface area contributed by atoms with E-state index in [1.165, 1.54) is 12.1 Å². The van der Waals surface area contributed by atoms with Crippen molar-refractivity contribution in [1.29, 1.82) is 0 Å². The molecule has 1 unspecified atom stereocenters. The fourth-order valence-electron chi connectivity index (χ4n) is 2.52. The third-order valence-corrected chi connectivity index (χ3v) is 5.19. The Bertz CT molecular complexity index is 719. The molecule has 0 radical (unpaired) electrons. The second kappa shape index (κ2) is 7.23. The Morgan fingerprint density at radius 1 is 1.00 bits per heavy atom. The Labute approximate surface area is 136 Å². The van der Waals surface area contributed by atoms with E-state index in [4.69, 9.17) is 5.73 Å². The predicted octanol–water partition coefficient (Wildman–Crippen LogP) is 2.07. The second-order valence-corrected chi connectivity index (χ2v) is 7.29. The van der Waals surface area contributed by atoms with Crippen LogP contribution in [0.5, 0.6) is 0 Å². The topological polar surface area (TPSA) is 101 Å². The zero-order valence-corrected chi connectivity index (χ0v) is 13.5. The highest BCUT2D eigenvalue weighted by Gasteiger charge is 2.42. The van der Waals surface area contributed by atoms with E-state index in [9.17, 15) is 18.1 Å². The smallest absolute Gasteiger partial charge is 0.288 e. The normalized spacial score (nSPS) is 15.8. The lowest BCUT2D eigenvalue weighted by Crippen LogP contribution is -2.47. The summed E-state index contributed by atoms with van der Waals surface area (Å²) < 4.78 is 33.1. The van der Waals surface area contributed by atoms with Gasteiger partial charge in [-0.25, -0.2) is 0 Å². The Hall–Kier alpha value is -1.73. The first-order valence-corrected chi connectivity index (χ1v) is 8.80. The van der Waals surface area contributed by atoms with Gasteiger partial charge >= 0.3 is 0 Å². The highest BCUT2D eigenvalue weighted by atomic mass is 32.2. The number of hydrogen-bond acceptors (Lipinski definition) is 4. The quantitative estimate of drug-likeness (QED) is 0.673. The van der Waals surface area contributed by atoms with Gasteiger partial charge in [0.1, 0.15) is 0 Å². The Morgan fingerprint density at radius 2 is 1.52 bits per heavy atom. The number of benzene rings is 2. The largest absolute Gasteiger partial charge is 0.393 e. The van der Waals surface area contributed by atoms with Crippen LogP contribution in [0.4, 0.5) is 0 Å². The molecular formula is C17H21NO4S. The first-order chi connectivity index (χ1) is 10.8. The van der Waals surface area contributed by atoms with Gasteiger partial charge in [0.05, 0.1) is 6.10 Å². The Balaban J connectivity index is 2.12. The van der Waals surface area contributed by atoms with E-state index >= 15 is 0 Å². The molecule has 0 aliphatic rings. The van der Waals surface area contributed by atoms with Crippen LogP contribution in [0.2, 0.25) is 0 Å². The number of aliphatic hydroxyl groups is 1. The van der Waals surface area contributed by atoms with E-state index in [0.717, 1.165) is 5.56 Å². The molecule has 2 aromatic carbocycles. The van der Waals surface area contributed by atoms with Crippen molar-refractivity contribution in [3.8, 4) is 0 Å². The van der Waals surface area contributed by atoms with Crippen molar-refractivity contribution in [3.05, 3.63) is 71.8 Å². The molecule has 4 N–H and O–H groups in total. The number of aryl methyl sites for hydroxylation is 1. The molecule has 0 bridgehead atoms. The summed E-state index contributed by atoms with van der Waals surface area (Å²) in [7, 11) is -4.58. The molecule has 124 valence electrons. The van der Waals surface area contributed by atoms with Crippen molar-refractivity contribution in [3.63, 3.8) is 0 Å². The third kappa shape index (κ3) is 4.39. The monoisotopic (exact) mass is 335 g/mol. The van der Waals surface area contributed by atoms with Gasteiger partial charge in [-0.1, -0.05) is 60.7 Å². The van der Waals surface area contributed by atoms with Crippen LogP contribution in [0.15, 0.2) is 60.7 Å². The molecule has 0 amide bonds. The molecule has 23 heavy (non-hydrogen) atoms. The third-order valence-electron chi connectivity index (χ3n) is 3.87.